The first-order valence-corrected chi connectivity index (χ1v) is 27.9. The maximum absolute atomic E-state index is 2.62. The Bertz CT molecular complexity index is 3840. The number of benzene rings is 10. The van der Waals surface area contributed by atoms with E-state index < -0.39 is 5.41 Å². The monoisotopic (exact) mass is 1010 g/mol. The Balaban J connectivity index is 1.13. The van der Waals surface area contributed by atoms with Crippen LogP contribution in [0.4, 0.5) is 51.2 Å². The maximum atomic E-state index is 2.62. The molecule has 382 valence electrons. The van der Waals surface area contributed by atoms with Crippen LogP contribution in [0.25, 0.3) is 11.1 Å². The van der Waals surface area contributed by atoms with Crippen molar-refractivity contribution in [1.82, 2.24) is 0 Å². The molecule has 1 aliphatic carbocycles. The topological polar surface area (TPSA) is 9.72 Å². The number of rotatable bonds is 7. The van der Waals surface area contributed by atoms with Crippen LogP contribution in [0.15, 0.2) is 231 Å². The molecule has 0 bridgehead atoms. The van der Waals surface area contributed by atoms with E-state index in [1.165, 1.54) is 94.8 Å². The fraction of sp³-hybridized carbons (Fsp3) is 0.189. The van der Waals surface area contributed by atoms with Crippen molar-refractivity contribution in [3.05, 3.63) is 275 Å². The summed E-state index contributed by atoms with van der Waals surface area (Å²) in [6.45, 7) is 23.2. The van der Waals surface area contributed by atoms with Crippen LogP contribution >= 0.6 is 0 Å². The van der Waals surface area contributed by atoms with Crippen molar-refractivity contribution in [3.63, 3.8) is 0 Å². The molecule has 2 aliphatic heterocycles. The van der Waals surface area contributed by atoms with Crippen LogP contribution in [0.1, 0.15) is 107 Å². The van der Waals surface area contributed by atoms with Crippen LogP contribution < -0.4 is 31.1 Å². The first-order chi connectivity index (χ1) is 37.5. The van der Waals surface area contributed by atoms with Crippen molar-refractivity contribution in [2.24, 2.45) is 0 Å². The van der Waals surface area contributed by atoms with Gasteiger partial charge in [0.15, 0.2) is 0 Å². The summed E-state index contributed by atoms with van der Waals surface area (Å²) in [5.74, 6) is 0. The summed E-state index contributed by atoms with van der Waals surface area (Å²) in [5, 5.41) is 0. The van der Waals surface area contributed by atoms with Crippen molar-refractivity contribution < 1.29 is 0 Å². The molecule has 78 heavy (non-hydrogen) atoms. The van der Waals surface area contributed by atoms with Crippen molar-refractivity contribution in [2.75, 3.05) is 14.7 Å². The van der Waals surface area contributed by atoms with Gasteiger partial charge in [-0.15, -0.1) is 0 Å². The Morgan fingerprint density at radius 1 is 0.359 bits per heavy atom. The van der Waals surface area contributed by atoms with E-state index in [0.717, 1.165) is 28.4 Å². The summed E-state index contributed by atoms with van der Waals surface area (Å²) >= 11 is 0. The average molecular weight is 1010 g/mol. The number of aryl methyl sites for hydroxylation is 1. The van der Waals surface area contributed by atoms with Gasteiger partial charge in [0.2, 0.25) is 0 Å². The number of para-hydroxylation sites is 2. The zero-order valence-corrected chi connectivity index (χ0v) is 46.9. The first-order valence-electron chi connectivity index (χ1n) is 27.9. The number of hydrogen-bond acceptors (Lipinski definition) is 3. The third-order valence-corrected chi connectivity index (χ3v) is 17.0. The molecule has 0 unspecified atom stereocenters. The highest BCUT2D eigenvalue weighted by atomic mass is 15.2. The Morgan fingerprint density at radius 2 is 0.821 bits per heavy atom. The molecule has 2 heterocycles. The van der Waals surface area contributed by atoms with Gasteiger partial charge in [-0.25, -0.2) is 0 Å². The summed E-state index contributed by atoms with van der Waals surface area (Å²) in [7, 11) is 0. The summed E-state index contributed by atoms with van der Waals surface area (Å²) in [5.41, 5.74) is 26.5. The lowest BCUT2D eigenvalue weighted by Gasteiger charge is -2.45. The fourth-order valence-corrected chi connectivity index (χ4v) is 13.1. The van der Waals surface area contributed by atoms with Crippen molar-refractivity contribution in [1.29, 1.82) is 0 Å². The molecule has 0 aromatic heterocycles. The van der Waals surface area contributed by atoms with Crippen LogP contribution in [-0.2, 0) is 21.7 Å². The normalized spacial score (nSPS) is 14.1. The molecule has 10 aromatic carbocycles. The van der Waals surface area contributed by atoms with Gasteiger partial charge in [-0.3, -0.25) is 0 Å². The van der Waals surface area contributed by atoms with Crippen molar-refractivity contribution in [2.45, 2.75) is 90.9 Å². The lowest BCUT2D eigenvalue weighted by atomic mass is 9.33. The molecular weight excluding hydrogens is 942 g/mol. The summed E-state index contributed by atoms with van der Waals surface area (Å²) in [4.78, 5) is 7.59. The van der Waals surface area contributed by atoms with Crippen LogP contribution in [-0.4, -0.2) is 6.71 Å². The van der Waals surface area contributed by atoms with Gasteiger partial charge in [0.25, 0.3) is 6.71 Å². The number of fused-ring (bicyclic) bond motifs is 7. The van der Waals surface area contributed by atoms with Gasteiger partial charge in [-0.1, -0.05) is 214 Å². The van der Waals surface area contributed by atoms with Gasteiger partial charge < -0.3 is 14.7 Å². The van der Waals surface area contributed by atoms with Crippen LogP contribution in [0.2, 0.25) is 0 Å². The molecule has 3 aliphatic rings. The number of hydrogen-bond donors (Lipinski definition) is 0. The minimum atomic E-state index is -0.602. The predicted molar refractivity (Wildman–Crippen MR) is 333 cm³/mol. The molecule has 10 aromatic rings. The van der Waals surface area contributed by atoms with Gasteiger partial charge in [-0.2, -0.15) is 0 Å². The predicted octanol–water partition coefficient (Wildman–Crippen LogP) is 17.8. The van der Waals surface area contributed by atoms with Crippen molar-refractivity contribution in [3.8, 4) is 11.1 Å². The molecule has 3 nitrogen and oxygen atoms in total. The molecule has 0 saturated carbocycles. The van der Waals surface area contributed by atoms with E-state index in [1.807, 2.05) is 0 Å². The Labute approximate surface area is 463 Å². The quantitative estimate of drug-likeness (QED) is 0.147. The molecule has 0 fully saturated rings. The minimum absolute atomic E-state index is 0.0257. The molecule has 0 N–H and O–H groups in total. The first kappa shape index (κ1) is 49.3. The van der Waals surface area contributed by atoms with Gasteiger partial charge in [0.05, 0.1) is 5.41 Å². The lowest BCUT2D eigenvalue weighted by Crippen LogP contribution is -2.61. The highest BCUT2D eigenvalue weighted by Crippen LogP contribution is 2.58. The van der Waals surface area contributed by atoms with E-state index in [2.05, 4.69) is 314 Å². The molecule has 0 amide bonds. The number of nitrogens with zero attached hydrogens (tertiary/aromatic N) is 3. The third kappa shape index (κ3) is 7.85. The van der Waals surface area contributed by atoms with E-state index in [0.29, 0.717) is 0 Å². The Morgan fingerprint density at radius 3 is 1.37 bits per heavy atom. The van der Waals surface area contributed by atoms with Gasteiger partial charge in [0.1, 0.15) is 0 Å². The highest BCUT2D eigenvalue weighted by molar-refractivity contribution is 7.00. The van der Waals surface area contributed by atoms with Crippen LogP contribution in [0.5, 0.6) is 0 Å². The zero-order valence-electron chi connectivity index (χ0n) is 46.9. The van der Waals surface area contributed by atoms with Crippen molar-refractivity contribution >= 4 is 74.3 Å². The molecule has 4 heteroatoms. The second-order valence-corrected chi connectivity index (χ2v) is 25.1. The van der Waals surface area contributed by atoms with E-state index in [1.54, 1.807) is 0 Å². The van der Waals surface area contributed by atoms with Gasteiger partial charge in [-0.05, 0) is 174 Å². The standard InChI is InChI=1S/C74H68BN3/c1-49-43-68-70-69(44-49)78(58-37-40-61-60-39-33-53(72(5,6)7)45-62(60)74(63(61)47-58,51-23-15-11-16-24-51)52-25-17-12-18-26-52)67-48-59(76(55-27-19-13-20-28-55)56-29-21-14-22-30-56)38-41-64(67)75(70)65-46-54(73(8,9)10)34-42-66(65)77(68)57-35-31-50(32-36-57)71(2,3)4/h11-48H,1-10H3. The highest BCUT2D eigenvalue weighted by Gasteiger charge is 2.49. The zero-order chi connectivity index (χ0) is 53.9. The molecule has 0 atom stereocenters. The van der Waals surface area contributed by atoms with E-state index in [4.69, 9.17) is 0 Å². The minimum Gasteiger partial charge on any atom is -0.311 e. The SMILES string of the molecule is Cc1cc2c3c(c1)N(c1ccc4c(c1)C(c1ccccc1)(c1ccccc1)c1cc(C(C)(C)C)ccc1-4)c1cc(N(c4ccccc4)c4ccccc4)ccc1B3c1cc(C(C)(C)C)ccc1N2c1ccc(C(C)(C)C)cc1. The molecule has 13 rings (SSSR count). The summed E-state index contributed by atoms with van der Waals surface area (Å²) in [6, 6.07) is 87.7. The van der Waals surface area contributed by atoms with Gasteiger partial charge >= 0.3 is 0 Å². The Kier molecular flexibility index (Phi) is 11.5. The second kappa shape index (κ2) is 18.1. The van der Waals surface area contributed by atoms with Gasteiger partial charge in [0, 0.05) is 51.2 Å². The summed E-state index contributed by atoms with van der Waals surface area (Å²) in [6.07, 6.45) is 0. The van der Waals surface area contributed by atoms with E-state index in [9.17, 15) is 0 Å². The lowest BCUT2D eigenvalue weighted by molar-refractivity contribution is 0.588. The smallest absolute Gasteiger partial charge is 0.252 e. The molecule has 0 spiro atoms. The third-order valence-electron chi connectivity index (χ3n) is 17.0. The van der Waals surface area contributed by atoms with Crippen LogP contribution in [0.3, 0.4) is 0 Å². The fourth-order valence-electron chi connectivity index (χ4n) is 13.1. The number of anilines is 9. The molecule has 0 radical (unpaired) electrons. The largest absolute Gasteiger partial charge is 0.311 e. The molecular formula is C74H68BN3. The van der Waals surface area contributed by atoms with E-state index >= 15 is 0 Å². The maximum Gasteiger partial charge on any atom is 0.252 e. The average Bonchev–Trinajstić information content (AvgIpc) is 3.04. The summed E-state index contributed by atoms with van der Waals surface area (Å²) < 4.78 is 0. The van der Waals surface area contributed by atoms with E-state index in [-0.39, 0.29) is 23.0 Å². The second-order valence-electron chi connectivity index (χ2n) is 25.1. The molecule has 0 saturated heterocycles. The Hall–Kier alpha value is -8.34. The van der Waals surface area contributed by atoms with Crippen LogP contribution in [0, 0.1) is 6.92 Å².